The highest BCUT2D eigenvalue weighted by molar-refractivity contribution is 5.45. The van der Waals surface area contributed by atoms with Gasteiger partial charge in [0.1, 0.15) is 0 Å². The second kappa shape index (κ2) is 5.54. The van der Waals surface area contributed by atoms with Crippen molar-refractivity contribution in [2.45, 2.75) is 44.6 Å². The number of para-hydroxylation sites is 1. The molecule has 17 heavy (non-hydrogen) atoms. The van der Waals surface area contributed by atoms with Crippen molar-refractivity contribution in [2.75, 3.05) is 11.9 Å². The van der Waals surface area contributed by atoms with Gasteiger partial charge in [-0.25, -0.2) is 0 Å². The van der Waals surface area contributed by atoms with Gasteiger partial charge in [0.25, 0.3) is 0 Å². The van der Waals surface area contributed by atoms with E-state index in [1.807, 2.05) is 6.07 Å². The lowest BCUT2D eigenvalue weighted by atomic mass is 9.75. The molecule has 2 rings (SSSR count). The molecule has 0 heterocycles. The summed E-state index contributed by atoms with van der Waals surface area (Å²) in [5.74, 6) is 0.909. The van der Waals surface area contributed by atoms with Crippen molar-refractivity contribution >= 4 is 5.69 Å². The van der Waals surface area contributed by atoms with Gasteiger partial charge in [-0.1, -0.05) is 31.5 Å². The monoisotopic (exact) mass is 232 g/mol. The lowest BCUT2D eigenvalue weighted by molar-refractivity contribution is 0.253. The summed E-state index contributed by atoms with van der Waals surface area (Å²) < 4.78 is 0. The first-order valence-corrected chi connectivity index (χ1v) is 6.81. The number of nitrogens with one attached hydrogen (secondary N) is 1. The summed E-state index contributed by atoms with van der Waals surface area (Å²) in [5, 5.41) is 3.66. The highest BCUT2D eigenvalue weighted by Crippen LogP contribution is 2.35. The molecule has 1 fully saturated rings. The molecule has 0 bridgehead atoms. The summed E-state index contributed by atoms with van der Waals surface area (Å²) in [5.41, 5.74) is 7.34. The van der Waals surface area contributed by atoms with E-state index in [4.69, 9.17) is 5.73 Å². The van der Waals surface area contributed by atoms with E-state index in [9.17, 15) is 0 Å². The fourth-order valence-corrected chi connectivity index (χ4v) is 2.85. The molecule has 0 saturated heterocycles. The fraction of sp³-hybridized carbons (Fsp3) is 0.600. The van der Waals surface area contributed by atoms with Crippen LogP contribution >= 0.6 is 0 Å². The van der Waals surface area contributed by atoms with Crippen molar-refractivity contribution in [2.24, 2.45) is 11.7 Å². The van der Waals surface area contributed by atoms with Crippen molar-refractivity contribution in [3.05, 3.63) is 30.3 Å². The average molecular weight is 232 g/mol. The molecule has 3 N–H and O–H groups in total. The van der Waals surface area contributed by atoms with Crippen LogP contribution in [0.15, 0.2) is 30.3 Å². The molecule has 0 unspecified atom stereocenters. The summed E-state index contributed by atoms with van der Waals surface area (Å²) in [6.07, 6.45) is 6.35. The minimum atomic E-state index is 0.132. The Balaban J connectivity index is 2.01. The van der Waals surface area contributed by atoms with Crippen LogP contribution in [0.2, 0.25) is 0 Å². The molecule has 0 atom stereocenters. The second-order valence-electron chi connectivity index (χ2n) is 5.33. The number of benzene rings is 1. The van der Waals surface area contributed by atoms with Gasteiger partial charge in [-0.15, -0.1) is 0 Å². The summed E-state index contributed by atoms with van der Waals surface area (Å²) in [6.45, 7) is 3.03. The van der Waals surface area contributed by atoms with Gasteiger partial charge in [0.05, 0.1) is 0 Å². The Morgan fingerprint density at radius 1 is 1.24 bits per heavy atom. The van der Waals surface area contributed by atoms with Crippen LogP contribution in [-0.2, 0) is 0 Å². The normalized spacial score (nSPS) is 28.9. The first kappa shape index (κ1) is 12.4. The Labute approximate surface area is 105 Å². The first-order valence-electron chi connectivity index (χ1n) is 6.81. The molecule has 0 radical (unpaired) electrons. The maximum Gasteiger partial charge on any atom is 0.0495 e. The zero-order chi connectivity index (χ0) is 12.1. The quantitative estimate of drug-likeness (QED) is 0.835. The van der Waals surface area contributed by atoms with Gasteiger partial charge in [-0.3, -0.25) is 0 Å². The molecule has 1 aromatic rings. The van der Waals surface area contributed by atoms with Crippen LogP contribution in [0.3, 0.4) is 0 Å². The first-order chi connectivity index (χ1) is 8.28. The molecule has 0 amide bonds. The average Bonchev–Trinajstić information content (AvgIpc) is 2.41. The van der Waals surface area contributed by atoms with Gasteiger partial charge in [-0.05, 0) is 43.7 Å². The third kappa shape index (κ3) is 3.01. The SMILES string of the molecule is CCC1CCC(CN)(Nc2ccccc2)CC1. The zero-order valence-electron chi connectivity index (χ0n) is 10.8. The lowest BCUT2D eigenvalue weighted by Crippen LogP contribution is -2.48. The van der Waals surface area contributed by atoms with E-state index >= 15 is 0 Å². The number of hydrogen-bond donors (Lipinski definition) is 2. The van der Waals surface area contributed by atoms with Gasteiger partial charge >= 0.3 is 0 Å². The van der Waals surface area contributed by atoms with Gasteiger partial charge in [0.2, 0.25) is 0 Å². The van der Waals surface area contributed by atoms with E-state index in [0.29, 0.717) is 0 Å². The Morgan fingerprint density at radius 3 is 2.41 bits per heavy atom. The molecular weight excluding hydrogens is 208 g/mol. The van der Waals surface area contributed by atoms with E-state index in [1.165, 1.54) is 37.8 Å². The summed E-state index contributed by atoms with van der Waals surface area (Å²) in [6, 6.07) is 10.5. The molecule has 0 spiro atoms. The summed E-state index contributed by atoms with van der Waals surface area (Å²) in [4.78, 5) is 0. The minimum absolute atomic E-state index is 0.132. The van der Waals surface area contributed by atoms with E-state index in [1.54, 1.807) is 0 Å². The second-order valence-corrected chi connectivity index (χ2v) is 5.33. The number of rotatable bonds is 4. The van der Waals surface area contributed by atoms with Crippen LogP contribution in [0.25, 0.3) is 0 Å². The highest BCUT2D eigenvalue weighted by atomic mass is 15.0. The molecule has 2 heteroatoms. The Morgan fingerprint density at radius 2 is 1.88 bits per heavy atom. The minimum Gasteiger partial charge on any atom is -0.378 e. The number of nitrogens with two attached hydrogens (primary N) is 1. The predicted octanol–water partition coefficient (Wildman–Crippen LogP) is 3.40. The van der Waals surface area contributed by atoms with Crippen molar-refractivity contribution in [3.8, 4) is 0 Å². The van der Waals surface area contributed by atoms with Crippen molar-refractivity contribution in [1.82, 2.24) is 0 Å². The van der Waals surface area contributed by atoms with Crippen molar-refractivity contribution < 1.29 is 0 Å². The Hall–Kier alpha value is -1.02. The molecule has 1 aliphatic rings. The van der Waals surface area contributed by atoms with Crippen LogP contribution in [-0.4, -0.2) is 12.1 Å². The fourth-order valence-electron chi connectivity index (χ4n) is 2.85. The summed E-state index contributed by atoms with van der Waals surface area (Å²) in [7, 11) is 0. The van der Waals surface area contributed by atoms with Crippen LogP contribution in [0.1, 0.15) is 39.0 Å². The molecule has 1 aliphatic carbocycles. The Kier molecular flexibility index (Phi) is 4.06. The van der Waals surface area contributed by atoms with Crippen LogP contribution in [0.4, 0.5) is 5.69 Å². The van der Waals surface area contributed by atoms with Gasteiger partial charge in [0.15, 0.2) is 0 Å². The Bertz CT molecular complexity index is 326. The largest absolute Gasteiger partial charge is 0.378 e. The van der Waals surface area contributed by atoms with E-state index < -0.39 is 0 Å². The number of anilines is 1. The lowest BCUT2D eigenvalue weighted by Gasteiger charge is -2.40. The van der Waals surface area contributed by atoms with Gasteiger partial charge in [-0.2, -0.15) is 0 Å². The molecule has 1 saturated carbocycles. The smallest absolute Gasteiger partial charge is 0.0495 e. The van der Waals surface area contributed by atoms with Crippen molar-refractivity contribution in [1.29, 1.82) is 0 Å². The topological polar surface area (TPSA) is 38.0 Å². The predicted molar refractivity (Wildman–Crippen MR) is 74.1 cm³/mol. The van der Waals surface area contributed by atoms with Crippen LogP contribution in [0, 0.1) is 5.92 Å². The molecule has 2 nitrogen and oxygen atoms in total. The van der Waals surface area contributed by atoms with Gasteiger partial charge in [0, 0.05) is 17.8 Å². The third-order valence-corrected chi connectivity index (χ3v) is 4.21. The van der Waals surface area contributed by atoms with E-state index in [2.05, 4.69) is 36.5 Å². The van der Waals surface area contributed by atoms with Crippen molar-refractivity contribution in [3.63, 3.8) is 0 Å². The maximum atomic E-state index is 6.01. The number of hydrogen-bond acceptors (Lipinski definition) is 2. The zero-order valence-corrected chi connectivity index (χ0v) is 10.8. The summed E-state index contributed by atoms with van der Waals surface area (Å²) >= 11 is 0. The van der Waals surface area contributed by atoms with Crippen LogP contribution in [0.5, 0.6) is 0 Å². The molecule has 0 aromatic heterocycles. The molecule has 0 aliphatic heterocycles. The van der Waals surface area contributed by atoms with E-state index in [-0.39, 0.29) is 5.54 Å². The molecular formula is C15H24N2. The maximum absolute atomic E-state index is 6.01. The standard InChI is InChI=1S/C15H24N2/c1-2-13-8-10-15(12-16,11-9-13)17-14-6-4-3-5-7-14/h3-7,13,17H,2,8-12,16H2,1H3. The third-order valence-electron chi connectivity index (χ3n) is 4.21. The molecule has 94 valence electrons. The van der Waals surface area contributed by atoms with Gasteiger partial charge < -0.3 is 11.1 Å². The molecule has 1 aromatic carbocycles. The highest BCUT2D eigenvalue weighted by Gasteiger charge is 2.33. The van der Waals surface area contributed by atoms with Crippen LogP contribution < -0.4 is 11.1 Å². The van der Waals surface area contributed by atoms with E-state index in [0.717, 1.165) is 12.5 Å².